The summed E-state index contributed by atoms with van der Waals surface area (Å²) in [5.74, 6) is 2.16. The third kappa shape index (κ3) is 19.7. The van der Waals surface area contributed by atoms with Gasteiger partial charge in [-0.1, -0.05) is 79.9 Å². The number of imidazole rings is 7. The van der Waals surface area contributed by atoms with Gasteiger partial charge in [-0.15, -0.1) is 0 Å². The Labute approximate surface area is 528 Å². The van der Waals surface area contributed by atoms with E-state index in [0.717, 1.165) is 61.5 Å². The van der Waals surface area contributed by atoms with Crippen LogP contribution in [0.2, 0.25) is 0 Å². The van der Waals surface area contributed by atoms with E-state index in [1.54, 1.807) is 0 Å². The molecule has 0 aliphatic heterocycles. The minimum absolute atomic E-state index is 0. The third-order valence-corrected chi connectivity index (χ3v) is 14.6. The molecule has 0 aliphatic rings. The minimum Gasteiger partial charge on any atom is -1.00 e. The molecule has 0 aliphatic carbocycles. The smallest absolute Gasteiger partial charge is 0.253 e. The van der Waals surface area contributed by atoms with Gasteiger partial charge in [0.15, 0.2) is 22.1 Å². The monoisotopic (exact) mass is 1240 g/mol. The number of aryl methyl sites for hydroxylation is 7. The maximum absolute atomic E-state index is 4.76. The molecule has 86 heavy (non-hydrogen) atoms. The molecule has 0 radical (unpaired) electrons. The van der Waals surface area contributed by atoms with Crippen LogP contribution in [0.25, 0.3) is 22.1 Å². The van der Waals surface area contributed by atoms with Crippen LogP contribution in [-0.2, 0) is 88.1 Å². The molecule has 17 nitrogen and oxygen atoms in total. The summed E-state index contributed by atoms with van der Waals surface area (Å²) in [5.41, 5.74) is 9.35. The fourth-order valence-electron chi connectivity index (χ4n) is 9.29. The zero-order valence-corrected chi connectivity index (χ0v) is 52.6. The Morgan fingerprint density at radius 2 is 0.802 bits per heavy atom. The predicted molar refractivity (Wildman–Crippen MR) is 323 cm³/mol. The topological polar surface area (TPSA) is 100 Å². The molecule has 0 saturated heterocycles. The third-order valence-electron chi connectivity index (χ3n) is 13.6. The Morgan fingerprint density at radius 1 is 0.384 bits per heavy atom. The van der Waals surface area contributed by atoms with Crippen molar-refractivity contribution in [3.8, 4) is 0 Å². The van der Waals surface area contributed by atoms with Crippen LogP contribution in [0, 0.1) is 6.92 Å². The van der Waals surface area contributed by atoms with Crippen LogP contribution in [0.3, 0.4) is 0 Å². The Morgan fingerprint density at radius 3 is 1.28 bits per heavy atom. The number of hydrogen-bond donors (Lipinski definition) is 0. The second-order valence-electron chi connectivity index (χ2n) is 20.3. The number of fused-ring (bicyclic) bond motifs is 2. The summed E-state index contributed by atoms with van der Waals surface area (Å²) in [7, 11) is 14.3. The van der Waals surface area contributed by atoms with E-state index in [1.165, 1.54) is 32.8 Å². The molecule has 0 amide bonds. The van der Waals surface area contributed by atoms with Crippen LogP contribution < -0.4 is 69.2 Å². The molecule has 0 N–H and O–H groups in total. The first-order valence-electron chi connectivity index (χ1n) is 27.2. The van der Waals surface area contributed by atoms with Crippen molar-refractivity contribution in [1.29, 1.82) is 0 Å². The van der Waals surface area contributed by atoms with Crippen LogP contribution in [0.5, 0.6) is 0 Å². The molecule has 0 fully saturated rings. The van der Waals surface area contributed by atoms with Crippen molar-refractivity contribution in [3.63, 3.8) is 0 Å². The molecule has 0 bridgehead atoms. The van der Waals surface area contributed by atoms with Crippen LogP contribution in [0.1, 0.15) is 36.0 Å². The molecular formula is C65H80Cl3N17S+4. The van der Waals surface area contributed by atoms with E-state index in [-0.39, 0.29) is 44.6 Å². The first kappa shape index (κ1) is 68.1. The van der Waals surface area contributed by atoms with Crippen molar-refractivity contribution in [2.75, 3.05) is 0 Å². The number of para-hydroxylation sites is 4. The highest BCUT2D eigenvalue weighted by Gasteiger charge is 2.15. The van der Waals surface area contributed by atoms with Gasteiger partial charge < -0.3 is 37.2 Å². The molecule has 0 atom stereocenters. The minimum atomic E-state index is 0. The van der Waals surface area contributed by atoms with Gasteiger partial charge in [0.1, 0.15) is 94.0 Å². The van der Waals surface area contributed by atoms with Crippen molar-refractivity contribution in [2.45, 2.75) is 58.0 Å². The zero-order chi connectivity index (χ0) is 57.2. The lowest BCUT2D eigenvalue weighted by molar-refractivity contribution is -0.677. The lowest BCUT2D eigenvalue weighted by Gasteiger charge is -2.02. The summed E-state index contributed by atoms with van der Waals surface area (Å²) in [6.45, 7) is 6.22. The first-order valence-corrected chi connectivity index (χ1v) is 28.2. The van der Waals surface area contributed by atoms with Crippen molar-refractivity contribution >= 4 is 33.8 Å². The lowest BCUT2D eigenvalue weighted by Crippen LogP contribution is -3.00. The van der Waals surface area contributed by atoms with Crippen molar-refractivity contribution in [3.05, 3.63) is 274 Å². The predicted octanol–water partition coefficient (Wildman–Crippen LogP) is -2.29. The zero-order valence-electron chi connectivity index (χ0n) is 49.5. The number of pyridine rings is 3. The first-order chi connectivity index (χ1) is 39.9. The number of nitrogens with zero attached hydrogens (tertiary/aromatic N) is 17. The Hall–Kier alpha value is -8.68. The Balaban J connectivity index is 0.000000196. The average Bonchev–Trinajstić information content (AvgIpc) is 2.48. The van der Waals surface area contributed by atoms with Gasteiger partial charge in [-0.25, -0.2) is 59.8 Å². The van der Waals surface area contributed by atoms with E-state index in [9.17, 15) is 0 Å². The number of benzene rings is 3. The van der Waals surface area contributed by atoms with E-state index in [4.69, 9.17) is 4.98 Å². The molecule has 3 aromatic carbocycles. The van der Waals surface area contributed by atoms with Crippen LogP contribution in [0.4, 0.5) is 0 Å². The van der Waals surface area contributed by atoms with Gasteiger partial charge in [0.05, 0.1) is 72.1 Å². The largest absolute Gasteiger partial charge is 1.00 e. The number of aromatic nitrogens is 17. The van der Waals surface area contributed by atoms with Crippen molar-refractivity contribution < 1.29 is 69.2 Å². The van der Waals surface area contributed by atoms with Crippen LogP contribution >= 0.6 is 11.8 Å². The quantitative estimate of drug-likeness (QED) is 0.0961. The van der Waals surface area contributed by atoms with Gasteiger partial charge >= 0.3 is 0 Å². The maximum Gasteiger partial charge on any atom is 0.253 e. The Kier molecular flexibility index (Phi) is 26.7. The van der Waals surface area contributed by atoms with Crippen LogP contribution in [0.15, 0.2) is 251 Å². The summed E-state index contributed by atoms with van der Waals surface area (Å²) < 4.78 is 29.7. The van der Waals surface area contributed by atoms with Gasteiger partial charge in [-0.05, 0) is 72.8 Å². The van der Waals surface area contributed by atoms with Gasteiger partial charge in [0.25, 0.3) is 5.82 Å². The summed E-state index contributed by atoms with van der Waals surface area (Å²) in [4.78, 5) is 14.7. The van der Waals surface area contributed by atoms with Crippen LogP contribution in [-0.4, -0.2) is 46.9 Å². The number of rotatable bonds is 13. The molecule has 13 aromatic rings. The standard InChI is InChI=1S/C16H21N5.C15H15N2S.C14H14N3.C10H12N3.C9H14N4.CH4.3ClH/c1-14-19(3)8-10-21(14)12-16-6-4-5-15(17-16)11-20-9-7-18(2)13-20;1-16-11-17(15-10-6-5-9-14(15)16)12-18-13-7-3-2-4-8-13;1-16-11-17(10-12-6-4-5-9-15-12)14-8-3-2-7-13(14)16;1-12-6-7-13(9-12)8-10-4-2-3-5-11-10;1-10-3-5-12(7-10)9-13-6-4-11(2)8-13;;;;/h4-10,13H,11-12H2,1-3H3;2-11H,12H2,1H3;2-9,11H,10H2,1H3;2-7,9H,8H2,1H3;3-8H,9H2,1-2H3;1H4;3*1H/q+2;3*+1;+2;;;;/p-3. The number of halogens is 3. The summed E-state index contributed by atoms with van der Waals surface area (Å²) in [6, 6.07) is 45.6. The fourth-order valence-corrected chi connectivity index (χ4v) is 10.1. The Bertz CT molecular complexity index is 4010. The van der Waals surface area contributed by atoms with E-state index in [1.807, 2.05) is 138 Å². The normalized spacial score (nSPS) is 10.3. The lowest BCUT2D eigenvalue weighted by atomic mass is 10.3. The van der Waals surface area contributed by atoms with Crippen molar-refractivity contribution in [2.24, 2.45) is 49.3 Å². The second-order valence-corrected chi connectivity index (χ2v) is 21.3. The van der Waals surface area contributed by atoms with E-state index < -0.39 is 0 Å². The highest BCUT2D eigenvalue weighted by atomic mass is 35.5. The number of hydrogen-bond acceptors (Lipinski definition) is 4. The molecule has 0 unspecified atom stereocenters. The van der Waals surface area contributed by atoms with Gasteiger partial charge in [0.2, 0.25) is 44.6 Å². The summed E-state index contributed by atoms with van der Waals surface area (Å²) >= 11 is 1.85. The summed E-state index contributed by atoms with van der Waals surface area (Å²) in [6.07, 6.45) is 36.6. The molecule has 13 rings (SSSR count). The molecule has 21 heteroatoms. The highest BCUT2D eigenvalue weighted by molar-refractivity contribution is 7.98. The van der Waals surface area contributed by atoms with Crippen molar-refractivity contribution in [1.82, 2.24) is 46.9 Å². The molecule has 10 aromatic heterocycles. The van der Waals surface area contributed by atoms with Gasteiger partial charge in [-0.2, -0.15) is 9.13 Å². The summed E-state index contributed by atoms with van der Waals surface area (Å²) in [5, 5.41) is 0. The van der Waals surface area contributed by atoms with E-state index in [0.29, 0.717) is 0 Å². The molecule has 0 saturated carbocycles. The molecule has 10 heterocycles. The maximum atomic E-state index is 4.76. The second kappa shape index (κ2) is 33.7. The molecule has 448 valence electrons. The van der Waals surface area contributed by atoms with Gasteiger partial charge in [0, 0.05) is 24.2 Å². The molecule has 0 spiro atoms. The average molecular weight is 1240 g/mol. The van der Waals surface area contributed by atoms with E-state index >= 15 is 0 Å². The SMILES string of the molecule is C.C[n+]1ccn(Cc2ccccn2)c1.C[n+]1ccn(Cn2cc[n+](C)c2)c1.C[n+]1cn(CSc2ccccc2)c2ccccc21.C[n+]1cn(Cc2ccccn2)c2ccccc21.Cc1n(Cc2cccc(Cn3cc[n+](C)c3)n2)cc[n+]1C.[Cl-].[Cl-].[Cl-]. The fraction of sp³-hybridized carbons (Fsp3) is 0.231. The molecular weight excluding hydrogens is 1160 g/mol. The van der Waals surface area contributed by atoms with Gasteiger partial charge in [-0.3, -0.25) is 9.97 Å². The highest BCUT2D eigenvalue weighted by Crippen LogP contribution is 2.21. The number of thioether (sulfide) groups is 1. The van der Waals surface area contributed by atoms with E-state index in [2.05, 4.69) is 249 Å².